The molecule has 0 aromatic heterocycles. The molecule has 38 heavy (non-hydrogen) atoms. The van der Waals surface area contributed by atoms with Crippen molar-refractivity contribution in [2.75, 3.05) is 24.2 Å². The second-order valence-corrected chi connectivity index (χ2v) is 12.7. The van der Waals surface area contributed by atoms with Gasteiger partial charge in [-0.05, 0) is 75.9 Å². The van der Waals surface area contributed by atoms with E-state index >= 15 is 0 Å². The Morgan fingerprint density at radius 3 is 2.26 bits per heavy atom. The number of ether oxygens (including phenoxy) is 1. The third kappa shape index (κ3) is 9.20. The van der Waals surface area contributed by atoms with E-state index in [-0.39, 0.29) is 37.7 Å². The third-order valence-corrected chi connectivity index (χ3v) is 7.40. The lowest BCUT2D eigenvalue weighted by Gasteiger charge is -2.33. The van der Waals surface area contributed by atoms with Crippen molar-refractivity contribution in [1.29, 1.82) is 0 Å². The first-order chi connectivity index (χ1) is 17.7. The number of aryl methyl sites for hydroxylation is 1. The summed E-state index contributed by atoms with van der Waals surface area (Å²) < 4.78 is 31.7. The van der Waals surface area contributed by atoms with Gasteiger partial charge in [-0.15, -0.1) is 0 Å². The zero-order chi connectivity index (χ0) is 28.7. The predicted octanol–water partition coefficient (Wildman–Crippen LogP) is 4.93. The molecule has 0 saturated carbocycles. The third-order valence-electron chi connectivity index (χ3n) is 5.99. The average molecular weight is 566 g/mol. The van der Waals surface area contributed by atoms with Crippen molar-refractivity contribution < 1.29 is 22.7 Å². The lowest BCUT2D eigenvalue weighted by atomic mass is 10.0. The van der Waals surface area contributed by atoms with E-state index in [1.807, 2.05) is 58.9 Å². The van der Waals surface area contributed by atoms with Crippen molar-refractivity contribution in [3.05, 3.63) is 58.6 Å². The Labute approximate surface area is 232 Å². The highest BCUT2D eigenvalue weighted by Gasteiger charge is 2.31. The van der Waals surface area contributed by atoms with Crippen molar-refractivity contribution in [1.82, 2.24) is 10.2 Å². The molecule has 2 amide bonds. The summed E-state index contributed by atoms with van der Waals surface area (Å²) in [5.41, 5.74) is 1.65. The van der Waals surface area contributed by atoms with E-state index in [9.17, 15) is 18.0 Å². The Bertz CT molecular complexity index is 1210. The number of carbonyl (C=O) groups is 2. The number of hydrogen-bond donors (Lipinski definition) is 1. The van der Waals surface area contributed by atoms with Crippen molar-refractivity contribution in [3.8, 4) is 5.75 Å². The van der Waals surface area contributed by atoms with Gasteiger partial charge in [-0.2, -0.15) is 0 Å². The van der Waals surface area contributed by atoms with Crippen LogP contribution in [0.25, 0.3) is 0 Å². The van der Waals surface area contributed by atoms with Gasteiger partial charge >= 0.3 is 0 Å². The van der Waals surface area contributed by atoms with Crippen LogP contribution in [0.15, 0.2) is 42.5 Å². The SMILES string of the molecule is CC[C@H](C(=O)NC(C)(C)C)N(Cc1ccc(OC)cc1)C(=O)CCCN(c1cc(Cl)ccc1C)S(C)(=O)=O. The summed E-state index contributed by atoms with van der Waals surface area (Å²) in [6.07, 6.45) is 1.91. The number of benzene rings is 2. The summed E-state index contributed by atoms with van der Waals surface area (Å²) in [7, 11) is -2.03. The van der Waals surface area contributed by atoms with Crippen LogP contribution in [0, 0.1) is 6.92 Å². The minimum absolute atomic E-state index is 0.0705. The van der Waals surface area contributed by atoms with Gasteiger partial charge in [-0.3, -0.25) is 13.9 Å². The molecule has 2 rings (SSSR count). The number of carbonyl (C=O) groups excluding carboxylic acids is 2. The largest absolute Gasteiger partial charge is 0.497 e. The molecule has 0 bridgehead atoms. The first-order valence-electron chi connectivity index (χ1n) is 12.6. The minimum Gasteiger partial charge on any atom is -0.497 e. The molecule has 0 aliphatic rings. The molecule has 8 nitrogen and oxygen atoms in total. The number of nitrogens with zero attached hydrogens (tertiary/aromatic N) is 2. The van der Waals surface area contributed by atoms with Crippen LogP contribution in [-0.2, 0) is 26.2 Å². The highest BCUT2D eigenvalue weighted by Crippen LogP contribution is 2.27. The molecule has 0 saturated heterocycles. The fourth-order valence-corrected chi connectivity index (χ4v) is 5.31. The lowest BCUT2D eigenvalue weighted by Crippen LogP contribution is -2.53. The highest BCUT2D eigenvalue weighted by molar-refractivity contribution is 7.92. The number of hydrogen-bond acceptors (Lipinski definition) is 5. The molecule has 1 N–H and O–H groups in total. The number of nitrogens with one attached hydrogen (secondary N) is 1. The topological polar surface area (TPSA) is 96.0 Å². The van der Waals surface area contributed by atoms with Crippen LogP contribution in [0.1, 0.15) is 58.1 Å². The maximum absolute atomic E-state index is 13.6. The monoisotopic (exact) mass is 565 g/mol. The normalized spacial score (nSPS) is 12.5. The van der Waals surface area contributed by atoms with Gasteiger partial charge in [0.05, 0.1) is 19.1 Å². The molecule has 210 valence electrons. The fraction of sp³-hybridized carbons (Fsp3) is 0.500. The maximum atomic E-state index is 13.6. The summed E-state index contributed by atoms with van der Waals surface area (Å²) in [6.45, 7) is 9.70. The number of anilines is 1. The first kappa shape index (κ1) is 31.4. The quantitative estimate of drug-likeness (QED) is 0.394. The Morgan fingerprint density at radius 1 is 1.11 bits per heavy atom. The average Bonchev–Trinajstić information content (AvgIpc) is 2.81. The molecule has 2 aromatic rings. The molecule has 2 aromatic carbocycles. The molecule has 1 atom stereocenters. The smallest absolute Gasteiger partial charge is 0.243 e. The number of amides is 2. The zero-order valence-electron chi connectivity index (χ0n) is 23.4. The summed E-state index contributed by atoms with van der Waals surface area (Å²) in [5.74, 6) is 0.239. The minimum atomic E-state index is -3.61. The number of sulfonamides is 1. The lowest BCUT2D eigenvalue weighted by molar-refractivity contribution is -0.142. The van der Waals surface area contributed by atoms with E-state index in [2.05, 4.69) is 5.32 Å². The molecule has 10 heteroatoms. The van der Waals surface area contributed by atoms with Gasteiger partial charge in [0, 0.05) is 30.1 Å². The number of rotatable bonds is 12. The van der Waals surface area contributed by atoms with Crippen LogP contribution in [0.4, 0.5) is 5.69 Å². The standard InChI is InChI=1S/C28H40ClN3O5S/c1-8-24(27(34)30-28(3,4)5)31(19-21-12-15-23(37-6)16-13-21)26(33)10-9-17-32(38(7,35)36)25-18-22(29)14-11-20(25)2/h11-16,18,24H,8-10,17,19H2,1-7H3,(H,30,34)/t24-/m1/s1. The van der Waals surface area contributed by atoms with Crippen LogP contribution >= 0.6 is 11.6 Å². The molecular weight excluding hydrogens is 526 g/mol. The maximum Gasteiger partial charge on any atom is 0.243 e. The molecule has 0 radical (unpaired) electrons. The second kappa shape index (κ2) is 13.3. The van der Waals surface area contributed by atoms with E-state index < -0.39 is 21.6 Å². The van der Waals surface area contributed by atoms with Crippen molar-refractivity contribution in [3.63, 3.8) is 0 Å². The van der Waals surface area contributed by atoms with Crippen LogP contribution in [0.5, 0.6) is 5.75 Å². The van der Waals surface area contributed by atoms with Crippen molar-refractivity contribution >= 4 is 39.1 Å². The Hall–Kier alpha value is -2.78. The van der Waals surface area contributed by atoms with Crippen LogP contribution in [0.2, 0.25) is 5.02 Å². The van der Waals surface area contributed by atoms with Crippen LogP contribution in [-0.4, -0.2) is 56.6 Å². The summed E-state index contributed by atoms with van der Waals surface area (Å²) >= 11 is 6.13. The summed E-state index contributed by atoms with van der Waals surface area (Å²) in [4.78, 5) is 28.3. The molecule has 0 spiro atoms. The van der Waals surface area contributed by atoms with Gasteiger partial charge in [0.2, 0.25) is 21.8 Å². The summed E-state index contributed by atoms with van der Waals surface area (Å²) in [5, 5.41) is 3.41. The van der Waals surface area contributed by atoms with Crippen LogP contribution in [0.3, 0.4) is 0 Å². The Kier molecular flexibility index (Phi) is 11.0. The van der Waals surface area contributed by atoms with Gasteiger partial charge in [-0.1, -0.05) is 36.7 Å². The van der Waals surface area contributed by atoms with E-state index in [1.165, 1.54) is 4.31 Å². The van der Waals surface area contributed by atoms with Gasteiger partial charge in [0.1, 0.15) is 11.8 Å². The molecule has 0 aliphatic carbocycles. The zero-order valence-corrected chi connectivity index (χ0v) is 24.9. The van der Waals surface area contributed by atoms with E-state index in [0.717, 1.165) is 17.4 Å². The van der Waals surface area contributed by atoms with Gasteiger partial charge < -0.3 is 15.0 Å². The highest BCUT2D eigenvalue weighted by atomic mass is 35.5. The Balaban J connectivity index is 2.28. The fourth-order valence-electron chi connectivity index (χ4n) is 4.13. The molecule has 0 heterocycles. The molecule has 0 fully saturated rings. The Morgan fingerprint density at radius 2 is 1.74 bits per heavy atom. The van der Waals surface area contributed by atoms with Gasteiger partial charge in [0.25, 0.3) is 0 Å². The first-order valence-corrected chi connectivity index (χ1v) is 14.9. The molecular formula is C28H40ClN3O5S. The molecule has 0 unspecified atom stereocenters. The van der Waals surface area contributed by atoms with Gasteiger partial charge in [0.15, 0.2) is 0 Å². The van der Waals surface area contributed by atoms with E-state index in [0.29, 0.717) is 22.9 Å². The van der Waals surface area contributed by atoms with E-state index in [1.54, 1.807) is 30.2 Å². The number of methoxy groups -OCH3 is 1. The number of halogens is 1. The summed E-state index contributed by atoms with van der Waals surface area (Å²) in [6, 6.07) is 11.7. The predicted molar refractivity (Wildman–Crippen MR) is 153 cm³/mol. The van der Waals surface area contributed by atoms with Crippen molar-refractivity contribution in [2.24, 2.45) is 0 Å². The molecule has 0 aliphatic heterocycles. The van der Waals surface area contributed by atoms with Gasteiger partial charge in [-0.25, -0.2) is 8.42 Å². The van der Waals surface area contributed by atoms with Crippen molar-refractivity contribution in [2.45, 2.75) is 72.0 Å². The van der Waals surface area contributed by atoms with Crippen LogP contribution < -0.4 is 14.4 Å². The van der Waals surface area contributed by atoms with E-state index in [4.69, 9.17) is 16.3 Å². The second-order valence-electron chi connectivity index (χ2n) is 10.4.